The molecule has 3 N–H and O–H groups in total. The maximum atomic E-state index is 13.3. The van der Waals surface area contributed by atoms with Crippen LogP contribution in [0.25, 0.3) is 0 Å². The third kappa shape index (κ3) is 5.09. The average molecular weight is 285 g/mol. The molecule has 0 bridgehead atoms. The van der Waals surface area contributed by atoms with Crippen LogP contribution in [0.1, 0.15) is 13.8 Å². The van der Waals surface area contributed by atoms with E-state index in [0.717, 1.165) is 0 Å². The summed E-state index contributed by atoms with van der Waals surface area (Å²) in [6.45, 7) is 4.03. The fourth-order valence-corrected chi connectivity index (χ4v) is 1.40. The first-order chi connectivity index (χ1) is 9.04. The number of para-hydroxylation sites is 1. The molecule has 104 valence electrons. The van der Waals surface area contributed by atoms with E-state index < -0.39 is 17.8 Å². The van der Waals surface area contributed by atoms with Crippen LogP contribution >= 0.6 is 12.2 Å². The molecule has 0 unspecified atom stereocenters. The van der Waals surface area contributed by atoms with Crippen molar-refractivity contribution in [1.82, 2.24) is 16.2 Å². The fraction of sp³-hybridized carbons (Fsp3) is 0.333. The average Bonchev–Trinajstić information content (AvgIpc) is 2.39. The largest absolute Gasteiger partial charge is 0.478 e. The maximum Gasteiger partial charge on any atom is 0.279 e. The van der Waals surface area contributed by atoms with Crippen LogP contribution in [0.4, 0.5) is 4.39 Å². The molecule has 0 radical (unpaired) electrons. The van der Waals surface area contributed by atoms with Crippen LogP contribution in [-0.4, -0.2) is 23.7 Å². The standard InChI is InChI=1S/C12H16FN3O2S/c1-3-14-12(19)16-15-11(17)8(2)18-10-7-5-4-6-9(10)13/h4-8H,3H2,1-2H3,(H,15,17)(H2,14,16,19)/t8-/m1/s1. The highest BCUT2D eigenvalue weighted by Crippen LogP contribution is 2.16. The molecule has 19 heavy (non-hydrogen) atoms. The van der Waals surface area contributed by atoms with E-state index in [2.05, 4.69) is 16.2 Å². The molecule has 1 atom stereocenters. The van der Waals surface area contributed by atoms with Gasteiger partial charge < -0.3 is 10.1 Å². The molecule has 0 saturated carbocycles. The molecule has 0 aliphatic heterocycles. The van der Waals surface area contributed by atoms with Crippen molar-refractivity contribution in [2.45, 2.75) is 20.0 Å². The van der Waals surface area contributed by atoms with Crippen molar-refractivity contribution in [2.75, 3.05) is 6.54 Å². The number of halogens is 1. The molecular weight excluding hydrogens is 269 g/mol. The van der Waals surface area contributed by atoms with Crippen molar-refractivity contribution in [3.63, 3.8) is 0 Å². The highest BCUT2D eigenvalue weighted by Gasteiger charge is 2.16. The zero-order valence-electron chi connectivity index (χ0n) is 10.7. The SMILES string of the molecule is CCNC(=S)NNC(=O)[C@@H](C)Oc1ccccc1F. The molecule has 5 nitrogen and oxygen atoms in total. The quantitative estimate of drug-likeness (QED) is 0.571. The van der Waals surface area contributed by atoms with Gasteiger partial charge in [-0.05, 0) is 38.2 Å². The summed E-state index contributed by atoms with van der Waals surface area (Å²) in [5, 5.41) is 3.10. The molecule has 7 heteroatoms. The molecule has 0 aliphatic carbocycles. The second-order valence-electron chi connectivity index (χ2n) is 3.66. The first-order valence-corrected chi connectivity index (χ1v) is 6.20. The molecule has 0 heterocycles. The number of hydrogen-bond donors (Lipinski definition) is 3. The summed E-state index contributed by atoms with van der Waals surface area (Å²) in [6, 6.07) is 5.89. The fourth-order valence-electron chi connectivity index (χ4n) is 1.21. The van der Waals surface area contributed by atoms with Crippen molar-refractivity contribution in [1.29, 1.82) is 0 Å². The third-order valence-electron chi connectivity index (χ3n) is 2.15. The molecule has 1 amide bonds. The minimum atomic E-state index is -0.853. The zero-order chi connectivity index (χ0) is 14.3. The summed E-state index contributed by atoms with van der Waals surface area (Å²) in [5.74, 6) is -0.943. The lowest BCUT2D eigenvalue weighted by molar-refractivity contribution is -0.127. The predicted octanol–water partition coefficient (Wildman–Crippen LogP) is 1.11. The normalized spacial score (nSPS) is 11.3. The van der Waals surface area contributed by atoms with Gasteiger partial charge in [0.15, 0.2) is 22.8 Å². The van der Waals surface area contributed by atoms with E-state index in [4.69, 9.17) is 17.0 Å². The van der Waals surface area contributed by atoms with Crippen LogP contribution in [-0.2, 0) is 4.79 Å². The Labute approximate surface area is 116 Å². The number of nitrogens with one attached hydrogen (secondary N) is 3. The van der Waals surface area contributed by atoms with Crippen molar-refractivity contribution in [3.8, 4) is 5.75 Å². The van der Waals surface area contributed by atoms with Crippen molar-refractivity contribution in [3.05, 3.63) is 30.1 Å². The number of benzene rings is 1. The summed E-state index contributed by atoms with van der Waals surface area (Å²) in [5.41, 5.74) is 4.88. The molecule has 0 aromatic heterocycles. The van der Waals surface area contributed by atoms with Crippen LogP contribution < -0.4 is 20.9 Å². The third-order valence-corrected chi connectivity index (χ3v) is 2.39. The molecular formula is C12H16FN3O2S. The number of amides is 1. The van der Waals surface area contributed by atoms with Gasteiger partial charge in [0.25, 0.3) is 5.91 Å². The molecule has 1 rings (SSSR count). The molecule has 0 fully saturated rings. The van der Waals surface area contributed by atoms with E-state index in [1.165, 1.54) is 19.1 Å². The van der Waals surface area contributed by atoms with Gasteiger partial charge in [0, 0.05) is 6.54 Å². The van der Waals surface area contributed by atoms with E-state index in [1.54, 1.807) is 12.1 Å². The van der Waals surface area contributed by atoms with Crippen molar-refractivity contribution >= 4 is 23.2 Å². The van der Waals surface area contributed by atoms with E-state index in [-0.39, 0.29) is 5.75 Å². The van der Waals surface area contributed by atoms with Gasteiger partial charge in [-0.25, -0.2) is 4.39 Å². The second-order valence-corrected chi connectivity index (χ2v) is 4.07. The Bertz CT molecular complexity index is 456. The lowest BCUT2D eigenvalue weighted by Gasteiger charge is -2.16. The molecule has 0 spiro atoms. The summed E-state index contributed by atoms with van der Waals surface area (Å²) >= 11 is 4.87. The minimum Gasteiger partial charge on any atom is -0.478 e. The zero-order valence-corrected chi connectivity index (χ0v) is 11.5. The van der Waals surface area contributed by atoms with Gasteiger partial charge >= 0.3 is 0 Å². The molecule has 0 aliphatic rings. The Morgan fingerprint density at radius 1 is 1.42 bits per heavy atom. The van der Waals surface area contributed by atoms with Gasteiger partial charge in [0.2, 0.25) is 0 Å². The first kappa shape index (κ1) is 15.2. The minimum absolute atomic E-state index is 0.0272. The maximum absolute atomic E-state index is 13.3. The summed E-state index contributed by atoms with van der Waals surface area (Å²) < 4.78 is 18.5. The number of carbonyl (C=O) groups is 1. The van der Waals surface area contributed by atoms with Crippen LogP contribution in [0, 0.1) is 5.82 Å². The van der Waals surface area contributed by atoms with Crippen LogP contribution in [0.3, 0.4) is 0 Å². The highest BCUT2D eigenvalue weighted by molar-refractivity contribution is 7.80. The second kappa shape index (κ2) is 7.52. The van der Waals surface area contributed by atoms with E-state index >= 15 is 0 Å². The number of hydrazine groups is 1. The van der Waals surface area contributed by atoms with Gasteiger partial charge in [-0.1, -0.05) is 12.1 Å². The molecule has 1 aromatic carbocycles. The number of rotatable bonds is 4. The van der Waals surface area contributed by atoms with E-state index in [0.29, 0.717) is 11.7 Å². The topological polar surface area (TPSA) is 62.4 Å². The van der Waals surface area contributed by atoms with E-state index in [9.17, 15) is 9.18 Å². The molecule has 1 aromatic rings. The van der Waals surface area contributed by atoms with Gasteiger partial charge in [0.05, 0.1) is 0 Å². The lowest BCUT2D eigenvalue weighted by Crippen LogP contribution is -2.50. The summed E-state index contributed by atoms with van der Waals surface area (Å²) in [7, 11) is 0. The molecule has 0 saturated heterocycles. The smallest absolute Gasteiger partial charge is 0.279 e. The number of ether oxygens (including phenoxy) is 1. The van der Waals surface area contributed by atoms with Gasteiger partial charge in [-0.3, -0.25) is 15.6 Å². The number of carbonyl (C=O) groups excluding carboxylic acids is 1. The lowest BCUT2D eigenvalue weighted by atomic mass is 10.3. The monoisotopic (exact) mass is 285 g/mol. The van der Waals surface area contributed by atoms with Gasteiger partial charge in [-0.2, -0.15) is 0 Å². The van der Waals surface area contributed by atoms with E-state index in [1.807, 2.05) is 6.92 Å². The summed E-state index contributed by atoms with van der Waals surface area (Å²) in [6.07, 6.45) is -0.853. The highest BCUT2D eigenvalue weighted by atomic mass is 32.1. The van der Waals surface area contributed by atoms with Crippen molar-refractivity contribution < 1.29 is 13.9 Å². The van der Waals surface area contributed by atoms with Gasteiger partial charge in [-0.15, -0.1) is 0 Å². The Hall–Kier alpha value is -1.89. The van der Waals surface area contributed by atoms with Crippen LogP contribution in [0.5, 0.6) is 5.75 Å². The summed E-state index contributed by atoms with van der Waals surface area (Å²) in [4.78, 5) is 11.7. The Balaban J connectivity index is 2.45. The van der Waals surface area contributed by atoms with Gasteiger partial charge in [0.1, 0.15) is 0 Å². The Morgan fingerprint density at radius 2 is 2.11 bits per heavy atom. The number of hydrogen-bond acceptors (Lipinski definition) is 3. The van der Waals surface area contributed by atoms with Crippen LogP contribution in [0.15, 0.2) is 24.3 Å². The van der Waals surface area contributed by atoms with Crippen molar-refractivity contribution in [2.24, 2.45) is 0 Å². The first-order valence-electron chi connectivity index (χ1n) is 5.79. The predicted molar refractivity (Wildman–Crippen MR) is 74.0 cm³/mol. The number of thiocarbonyl (C=S) groups is 1. The van der Waals surface area contributed by atoms with Crippen LogP contribution in [0.2, 0.25) is 0 Å². The Morgan fingerprint density at radius 3 is 2.74 bits per heavy atom. The Kier molecular flexibility index (Phi) is 6.01.